The van der Waals surface area contributed by atoms with E-state index in [0.717, 1.165) is 12.0 Å². The maximum atomic E-state index is 14.5. The van der Waals surface area contributed by atoms with Crippen molar-refractivity contribution in [2.75, 3.05) is 20.2 Å². The number of tetrazole rings is 1. The Bertz CT molecular complexity index is 999. The van der Waals surface area contributed by atoms with Crippen LogP contribution in [0.3, 0.4) is 0 Å². The average Bonchev–Trinajstić information content (AvgIpc) is 3.46. The molecule has 0 bridgehead atoms. The molecule has 31 heavy (non-hydrogen) atoms. The van der Waals surface area contributed by atoms with Crippen LogP contribution in [0.1, 0.15) is 23.6 Å². The molecular weight excluding hydrogens is 399 g/mol. The van der Waals surface area contributed by atoms with E-state index in [4.69, 9.17) is 4.74 Å². The van der Waals surface area contributed by atoms with E-state index in [9.17, 15) is 9.18 Å². The number of aromatic nitrogens is 4. The molecule has 1 fully saturated rings. The predicted molar refractivity (Wildman–Crippen MR) is 112 cm³/mol. The van der Waals surface area contributed by atoms with E-state index in [1.807, 2.05) is 35.2 Å². The predicted octanol–water partition coefficient (Wildman–Crippen LogP) is 2.00. The Balaban J connectivity index is 1.45. The lowest BCUT2D eigenvalue weighted by Gasteiger charge is -2.24. The molecule has 2 atom stereocenters. The lowest BCUT2D eigenvalue weighted by atomic mass is 10.1. The summed E-state index contributed by atoms with van der Waals surface area (Å²) in [6.07, 6.45) is 2.86. The monoisotopic (exact) mass is 424 g/mol. The molecule has 0 radical (unpaired) electrons. The van der Waals surface area contributed by atoms with Gasteiger partial charge in [-0.2, -0.15) is 0 Å². The number of carbonyl (C=O) groups excluding carboxylic acids is 1. The van der Waals surface area contributed by atoms with Crippen LogP contribution < -0.4 is 10.1 Å². The van der Waals surface area contributed by atoms with Gasteiger partial charge in [0.25, 0.3) is 0 Å². The number of likely N-dealkylation sites (tertiary alicyclic amines) is 1. The zero-order valence-electron chi connectivity index (χ0n) is 17.3. The van der Waals surface area contributed by atoms with Crippen molar-refractivity contribution < 1.29 is 13.9 Å². The highest BCUT2D eigenvalue weighted by atomic mass is 19.1. The normalized spacial score (nSPS) is 18.8. The second-order valence-electron chi connectivity index (χ2n) is 7.61. The Labute approximate surface area is 180 Å². The molecule has 2 aromatic carbocycles. The topological polar surface area (TPSA) is 85.2 Å². The molecule has 0 spiro atoms. The first-order valence-corrected chi connectivity index (χ1v) is 10.2. The first-order chi connectivity index (χ1) is 15.1. The van der Waals surface area contributed by atoms with Crippen LogP contribution in [0.15, 0.2) is 54.9 Å². The van der Waals surface area contributed by atoms with Gasteiger partial charge in [0.05, 0.1) is 19.2 Å². The molecule has 8 nitrogen and oxygen atoms in total. The van der Waals surface area contributed by atoms with E-state index in [-0.39, 0.29) is 17.8 Å². The quantitative estimate of drug-likeness (QED) is 0.595. The van der Waals surface area contributed by atoms with Gasteiger partial charge in [-0.1, -0.05) is 36.4 Å². The Morgan fingerprint density at radius 2 is 2.10 bits per heavy atom. The van der Waals surface area contributed by atoms with Crippen molar-refractivity contribution in [2.24, 2.45) is 0 Å². The third-order valence-corrected chi connectivity index (χ3v) is 5.61. The largest absolute Gasteiger partial charge is 0.497 e. The summed E-state index contributed by atoms with van der Waals surface area (Å²) in [5.74, 6) is 0.0401. The summed E-state index contributed by atoms with van der Waals surface area (Å²) in [6, 6.07) is 14.3. The Kier molecular flexibility index (Phi) is 6.51. The Morgan fingerprint density at radius 3 is 2.81 bits per heavy atom. The van der Waals surface area contributed by atoms with Crippen LogP contribution in [-0.2, 0) is 17.8 Å². The average molecular weight is 424 g/mol. The van der Waals surface area contributed by atoms with Crippen molar-refractivity contribution in [3.8, 4) is 5.75 Å². The fourth-order valence-electron chi connectivity index (χ4n) is 3.95. The highest BCUT2D eigenvalue weighted by molar-refractivity contribution is 5.82. The van der Waals surface area contributed by atoms with Crippen molar-refractivity contribution in [3.63, 3.8) is 0 Å². The summed E-state index contributed by atoms with van der Waals surface area (Å²) in [5, 5.41) is 14.4. The van der Waals surface area contributed by atoms with Crippen molar-refractivity contribution in [1.29, 1.82) is 0 Å². The number of benzene rings is 2. The molecule has 1 aromatic heterocycles. The summed E-state index contributed by atoms with van der Waals surface area (Å²) in [6.45, 7) is 1.40. The molecule has 1 aliphatic heterocycles. The number of hydrogen-bond acceptors (Lipinski definition) is 6. The van der Waals surface area contributed by atoms with E-state index in [2.05, 4.69) is 20.8 Å². The minimum atomic E-state index is -0.397. The van der Waals surface area contributed by atoms with Gasteiger partial charge in [-0.25, -0.2) is 9.07 Å². The molecule has 2 heterocycles. The minimum Gasteiger partial charge on any atom is -0.497 e. The van der Waals surface area contributed by atoms with E-state index < -0.39 is 6.04 Å². The molecule has 9 heteroatoms. The van der Waals surface area contributed by atoms with Crippen LogP contribution in [0.4, 0.5) is 4.39 Å². The van der Waals surface area contributed by atoms with E-state index >= 15 is 0 Å². The first-order valence-electron chi connectivity index (χ1n) is 10.2. The summed E-state index contributed by atoms with van der Waals surface area (Å²) < 4.78 is 21.3. The number of methoxy groups -OCH3 is 1. The summed E-state index contributed by atoms with van der Waals surface area (Å²) in [4.78, 5) is 15.0. The number of rotatable bonds is 8. The number of amides is 1. The van der Waals surface area contributed by atoms with Crippen molar-refractivity contribution >= 4 is 5.91 Å². The summed E-state index contributed by atoms with van der Waals surface area (Å²) in [7, 11) is 1.50. The number of hydrogen-bond donors (Lipinski definition) is 1. The van der Waals surface area contributed by atoms with Crippen LogP contribution in [0.25, 0.3) is 0 Å². The SMILES string of the molecule is COc1ccc(CN2C[C@H](n3cnnn3)C[C@H]2C(=O)NCCc2ccccc2)c(F)c1. The third-order valence-electron chi connectivity index (χ3n) is 5.61. The fourth-order valence-corrected chi connectivity index (χ4v) is 3.95. The van der Waals surface area contributed by atoms with Gasteiger partial charge < -0.3 is 10.1 Å². The minimum absolute atomic E-state index is 0.0545. The zero-order valence-corrected chi connectivity index (χ0v) is 17.3. The molecule has 0 aliphatic carbocycles. The van der Waals surface area contributed by atoms with Gasteiger partial charge in [0.15, 0.2) is 0 Å². The second kappa shape index (κ2) is 9.65. The van der Waals surface area contributed by atoms with E-state index in [1.165, 1.54) is 13.2 Å². The van der Waals surface area contributed by atoms with Gasteiger partial charge in [-0.15, -0.1) is 5.10 Å². The molecule has 1 aliphatic rings. The van der Waals surface area contributed by atoms with Gasteiger partial charge >= 0.3 is 0 Å². The third kappa shape index (κ3) is 5.05. The maximum Gasteiger partial charge on any atom is 0.237 e. The van der Waals surface area contributed by atoms with E-state index in [1.54, 1.807) is 23.1 Å². The zero-order chi connectivity index (χ0) is 21.6. The lowest BCUT2D eigenvalue weighted by Crippen LogP contribution is -2.43. The van der Waals surface area contributed by atoms with Crippen molar-refractivity contribution in [2.45, 2.75) is 31.5 Å². The van der Waals surface area contributed by atoms with Crippen LogP contribution in [-0.4, -0.2) is 57.3 Å². The Hall–Kier alpha value is -3.33. The maximum absolute atomic E-state index is 14.5. The fraction of sp³-hybridized carbons (Fsp3) is 0.364. The van der Waals surface area contributed by atoms with Crippen molar-refractivity contribution in [3.05, 3.63) is 71.8 Å². The molecular formula is C22H25FN6O2. The van der Waals surface area contributed by atoms with Gasteiger partial charge in [-0.3, -0.25) is 9.69 Å². The number of nitrogens with zero attached hydrogens (tertiary/aromatic N) is 5. The standard InChI is InChI=1S/C22H25FN6O2/c1-31-19-8-7-17(20(23)12-19)13-28-14-18(29-15-25-26-27-29)11-21(28)22(30)24-10-9-16-5-3-2-4-6-16/h2-8,12,15,18,21H,9-11,13-14H2,1H3,(H,24,30)/t18-,21+/m1/s1. The molecule has 1 amide bonds. The van der Waals surface area contributed by atoms with Gasteiger partial charge in [-0.05, 0) is 34.9 Å². The molecule has 1 saturated heterocycles. The van der Waals surface area contributed by atoms with Gasteiger partial charge in [0.1, 0.15) is 17.9 Å². The molecule has 1 N–H and O–H groups in total. The number of halogens is 1. The lowest BCUT2D eigenvalue weighted by molar-refractivity contribution is -0.125. The van der Waals surface area contributed by atoms with Crippen LogP contribution >= 0.6 is 0 Å². The van der Waals surface area contributed by atoms with Gasteiger partial charge in [0.2, 0.25) is 5.91 Å². The van der Waals surface area contributed by atoms with Crippen LogP contribution in [0.2, 0.25) is 0 Å². The highest BCUT2D eigenvalue weighted by Gasteiger charge is 2.38. The smallest absolute Gasteiger partial charge is 0.237 e. The first kappa shape index (κ1) is 20.9. The second-order valence-corrected chi connectivity index (χ2v) is 7.61. The molecule has 162 valence electrons. The summed E-state index contributed by atoms with van der Waals surface area (Å²) in [5.41, 5.74) is 1.68. The molecule has 0 unspecified atom stereocenters. The number of carbonyl (C=O) groups is 1. The Morgan fingerprint density at radius 1 is 1.26 bits per heavy atom. The van der Waals surface area contributed by atoms with Crippen LogP contribution in [0.5, 0.6) is 5.75 Å². The number of nitrogens with one attached hydrogen (secondary N) is 1. The highest BCUT2D eigenvalue weighted by Crippen LogP contribution is 2.29. The molecule has 0 saturated carbocycles. The van der Waals surface area contributed by atoms with Crippen molar-refractivity contribution in [1.82, 2.24) is 30.4 Å². The molecule has 3 aromatic rings. The summed E-state index contributed by atoms with van der Waals surface area (Å²) >= 11 is 0. The van der Waals surface area contributed by atoms with Gasteiger partial charge in [0, 0.05) is 31.3 Å². The van der Waals surface area contributed by atoms with E-state index in [0.29, 0.717) is 37.4 Å². The number of ether oxygens (including phenoxy) is 1. The molecule has 4 rings (SSSR count). The van der Waals surface area contributed by atoms with Crippen LogP contribution in [0, 0.1) is 5.82 Å².